The molecule has 0 saturated carbocycles. The summed E-state index contributed by atoms with van der Waals surface area (Å²) in [6.45, 7) is 4.32. The van der Waals surface area contributed by atoms with Gasteiger partial charge in [-0.15, -0.1) is 0 Å². The third-order valence-electron chi connectivity index (χ3n) is 2.38. The van der Waals surface area contributed by atoms with Crippen LogP contribution in [0.3, 0.4) is 0 Å². The van der Waals surface area contributed by atoms with Crippen molar-refractivity contribution in [3.63, 3.8) is 0 Å². The Labute approximate surface area is 96.2 Å². The summed E-state index contributed by atoms with van der Waals surface area (Å²) in [4.78, 5) is 8.79. The van der Waals surface area contributed by atoms with Gasteiger partial charge in [-0.1, -0.05) is 0 Å². The number of nitrogens with one attached hydrogen (secondary N) is 1. The van der Waals surface area contributed by atoms with Crippen LogP contribution in [0.1, 0.15) is 25.4 Å². The molecule has 1 heterocycles. The molecular formula is C11H19N3O2. The van der Waals surface area contributed by atoms with Gasteiger partial charge in [-0.2, -0.15) is 0 Å². The first-order valence-corrected chi connectivity index (χ1v) is 5.13. The van der Waals surface area contributed by atoms with Crippen molar-refractivity contribution in [2.75, 3.05) is 26.6 Å². The Morgan fingerprint density at radius 2 is 2.00 bits per heavy atom. The lowest BCUT2D eigenvalue weighted by Gasteiger charge is -2.22. The number of ether oxygens (including phenoxy) is 2. The molecule has 1 aromatic rings. The fourth-order valence-corrected chi connectivity index (χ4v) is 1.21. The summed E-state index contributed by atoms with van der Waals surface area (Å²) >= 11 is 0. The number of aromatic nitrogens is 2. The van der Waals surface area contributed by atoms with Crippen molar-refractivity contribution < 1.29 is 9.47 Å². The van der Waals surface area contributed by atoms with Crippen LogP contribution in [0, 0.1) is 0 Å². The van der Waals surface area contributed by atoms with Gasteiger partial charge < -0.3 is 14.8 Å². The third kappa shape index (κ3) is 2.90. The van der Waals surface area contributed by atoms with Gasteiger partial charge in [-0.3, -0.25) is 0 Å². The van der Waals surface area contributed by atoms with Gasteiger partial charge in [-0.05, 0) is 13.8 Å². The molecular weight excluding hydrogens is 206 g/mol. The lowest BCUT2D eigenvalue weighted by atomic mass is 10.1. The average Bonchev–Trinajstić information content (AvgIpc) is 2.29. The van der Waals surface area contributed by atoms with Gasteiger partial charge in [0.25, 0.3) is 0 Å². The molecule has 0 fully saturated rings. The highest BCUT2D eigenvalue weighted by Crippen LogP contribution is 2.22. The molecule has 0 aliphatic carbocycles. The molecule has 0 saturated heterocycles. The van der Waals surface area contributed by atoms with Gasteiger partial charge >= 0.3 is 0 Å². The molecule has 1 aromatic heterocycles. The van der Waals surface area contributed by atoms with Crippen molar-refractivity contribution in [1.29, 1.82) is 0 Å². The van der Waals surface area contributed by atoms with E-state index in [0.29, 0.717) is 12.4 Å². The van der Waals surface area contributed by atoms with E-state index in [9.17, 15) is 0 Å². The second kappa shape index (κ2) is 5.23. The standard InChI is InChI=1S/C11H19N3O2/c1-11(2,16-5)10-13-8(7-15-4)6-9(12-3)14-10/h6H,7H2,1-5H3,(H,12,13,14). The van der Waals surface area contributed by atoms with E-state index in [1.807, 2.05) is 27.0 Å². The minimum Gasteiger partial charge on any atom is -0.378 e. The van der Waals surface area contributed by atoms with E-state index >= 15 is 0 Å². The Balaban J connectivity index is 3.13. The van der Waals surface area contributed by atoms with Gasteiger partial charge in [0, 0.05) is 27.3 Å². The van der Waals surface area contributed by atoms with Gasteiger partial charge in [0.1, 0.15) is 11.4 Å². The molecule has 0 spiro atoms. The van der Waals surface area contributed by atoms with E-state index in [1.165, 1.54) is 0 Å². The summed E-state index contributed by atoms with van der Waals surface area (Å²) in [7, 11) is 5.11. The molecule has 1 N–H and O–H groups in total. The van der Waals surface area contributed by atoms with Crippen molar-refractivity contribution >= 4 is 5.82 Å². The van der Waals surface area contributed by atoms with Gasteiger partial charge in [-0.25, -0.2) is 9.97 Å². The van der Waals surface area contributed by atoms with Crippen molar-refractivity contribution in [3.05, 3.63) is 17.6 Å². The maximum absolute atomic E-state index is 5.36. The minimum atomic E-state index is -0.505. The number of hydrogen-bond donors (Lipinski definition) is 1. The highest BCUT2D eigenvalue weighted by atomic mass is 16.5. The van der Waals surface area contributed by atoms with Crippen LogP contribution in [-0.2, 0) is 21.7 Å². The topological polar surface area (TPSA) is 56.3 Å². The SMILES string of the molecule is CNc1cc(COC)nc(C(C)(C)OC)n1. The first-order chi connectivity index (χ1) is 7.53. The summed E-state index contributed by atoms with van der Waals surface area (Å²) in [6, 6.07) is 1.86. The lowest BCUT2D eigenvalue weighted by molar-refractivity contribution is 0.0111. The second-order valence-electron chi connectivity index (χ2n) is 3.97. The van der Waals surface area contributed by atoms with Crippen LogP contribution in [0.2, 0.25) is 0 Å². The molecule has 16 heavy (non-hydrogen) atoms. The molecule has 5 nitrogen and oxygen atoms in total. The molecule has 0 bridgehead atoms. The summed E-state index contributed by atoms with van der Waals surface area (Å²) < 4.78 is 10.4. The van der Waals surface area contributed by atoms with Gasteiger partial charge in [0.05, 0.1) is 12.3 Å². The Bertz CT molecular complexity index is 353. The highest BCUT2D eigenvalue weighted by molar-refractivity contribution is 5.35. The fourth-order valence-electron chi connectivity index (χ4n) is 1.21. The summed E-state index contributed by atoms with van der Waals surface area (Å²) in [5.41, 5.74) is 0.331. The van der Waals surface area contributed by atoms with Gasteiger partial charge in [0.15, 0.2) is 5.82 Å². The molecule has 0 atom stereocenters. The second-order valence-corrected chi connectivity index (χ2v) is 3.97. The van der Waals surface area contributed by atoms with Crippen LogP contribution in [-0.4, -0.2) is 31.2 Å². The normalized spacial score (nSPS) is 11.6. The molecule has 5 heteroatoms. The van der Waals surface area contributed by atoms with E-state index in [4.69, 9.17) is 9.47 Å². The summed E-state index contributed by atoms with van der Waals surface area (Å²) in [5, 5.41) is 3.00. The summed E-state index contributed by atoms with van der Waals surface area (Å²) in [5.74, 6) is 1.41. The largest absolute Gasteiger partial charge is 0.378 e. The van der Waals surface area contributed by atoms with Crippen molar-refractivity contribution in [2.45, 2.75) is 26.1 Å². The zero-order chi connectivity index (χ0) is 12.2. The molecule has 0 aliphatic rings. The number of rotatable bonds is 5. The van der Waals surface area contributed by atoms with Crippen molar-refractivity contribution in [3.8, 4) is 0 Å². The van der Waals surface area contributed by atoms with Gasteiger partial charge in [0.2, 0.25) is 0 Å². The average molecular weight is 225 g/mol. The van der Waals surface area contributed by atoms with Crippen LogP contribution >= 0.6 is 0 Å². The number of methoxy groups -OCH3 is 2. The van der Waals surface area contributed by atoms with Crippen LogP contribution in [0.15, 0.2) is 6.07 Å². The Morgan fingerprint density at radius 1 is 1.31 bits per heavy atom. The smallest absolute Gasteiger partial charge is 0.162 e. The number of anilines is 1. The molecule has 0 aromatic carbocycles. The molecule has 0 radical (unpaired) electrons. The lowest BCUT2D eigenvalue weighted by Crippen LogP contribution is -2.24. The monoisotopic (exact) mass is 225 g/mol. The molecule has 1 rings (SSSR count). The zero-order valence-electron chi connectivity index (χ0n) is 10.5. The first-order valence-electron chi connectivity index (χ1n) is 5.13. The van der Waals surface area contributed by atoms with E-state index in [1.54, 1.807) is 14.2 Å². The third-order valence-corrected chi connectivity index (χ3v) is 2.38. The Hall–Kier alpha value is -1.20. The predicted octanol–water partition coefficient (Wildman–Crippen LogP) is 1.55. The maximum Gasteiger partial charge on any atom is 0.162 e. The zero-order valence-corrected chi connectivity index (χ0v) is 10.5. The molecule has 90 valence electrons. The fraction of sp³-hybridized carbons (Fsp3) is 0.636. The number of nitrogens with zero attached hydrogens (tertiary/aromatic N) is 2. The van der Waals surface area contributed by atoms with Crippen molar-refractivity contribution in [1.82, 2.24) is 9.97 Å². The van der Waals surface area contributed by atoms with E-state index in [-0.39, 0.29) is 0 Å². The van der Waals surface area contributed by atoms with Crippen LogP contribution in [0.25, 0.3) is 0 Å². The van der Waals surface area contributed by atoms with Crippen LogP contribution in [0.4, 0.5) is 5.82 Å². The highest BCUT2D eigenvalue weighted by Gasteiger charge is 2.24. The molecule has 0 amide bonds. The number of hydrogen-bond acceptors (Lipinski definition) is 5. The van der Waals surface area contributed by atoms with Crippen molar-refractivity contribution in [2.24, 2.45) is 0 Å². The Kier molecular flexibility index (Phi) is 4.20. The predicted molar refractivity (Wildman–Crippen MR) is 62.3 cm³/mol. The van der Waals surface area contributed by atoms with Crippen LogP contribution in [0.5, 0.6) is 0 Å². The quantitative estimate of drug-likeness (QED) is 0.824. The van der Waals surface area contributed by atoms with E-state index < -0.39 is 5.60 Å². The maximum atomic E-state index is 5.36. The minimum absolute atomic E-state index is 0.462. The molecule has 0 unspecified atom stereocenters. The molecule has 0 aliphatic heterocycles. The summed E-state index contributed by atoms with van der Waals surface area (Å²) in [6.07, 6.45) is 0. The van der Waals surface area contributed by atoms with E-state index in [2.05, 4.69) is 15.3 Å². The van der Waals surface area contributed by atoms with E-state index in [0.717, 1.165) is 11.5 Å². The Morgan fingerprint density at radius 3 is 2.50 bits per heavy atom. The first kappa shape index (κ1) is 12.9. The van der Waals surface area contributed by atoms with Crippen LogP contribution < -0.4 is 5.32 Å².